The summed E-state index contributed by atoms with van der Waals surface area (Å²) >= 11 is 6.26. The third-order valence-corrected chi connectivity index (χ3v) is 5.85. The quantitative estimate of drug-likeness (QED) is 0.574. The number of amides is 1. The molecular formula is C22H20ClNO4S. The highest BCUT2D eigenvalue weighted by atomic mass is 35.5. The monoisotopic (exact) mass is 429 g/mol. The highest BCUT2D eigenvalue weighted by molar-refractivity contribution is 7.90. The highest BCUT2D eigenvalue weighted by Gasteiger charge is 2.22. The molecule has 150 valence electrons. The van der Waals surface area contributed by atoms with Crippen molar-refractivity contribution in [2.75, 3.05) is 18.3 Å². The van der Waals surface area contributed by atoms with Gasteiger partial charge in [-0.05, 0) is 48.0 Å². The van der Waals surface area contributed by atoms with E-state index in [-0.39, 0.29) is 15.5 Å². The minimum absolute atomic E-state index is 0.0413. The first kappa shape index (κ1) is 20.9. The fraction of sp³-hybridized carbons (Fsp3) is 0.136. The Bertz CT molecular complexity index is 1110. The number of hydrogen-bond acceptors (Lipinski definition) is 4. The predicted octanol–water partition coefficient (Wildman–Crippen LogP) is 4.60. The van der Waals surface area contributed by atoms with Crippen LogP contribution in [0.4, 0.5) is 5.69 Å². The van der Waals surface area contributed by atoms with Crippen LogP contribution >= 0.6 is 11.6 Å². The number of rotatable bonds is 6. The maximum absolute atomic E-state index is 13.4. The maximum Gasteiger partial charge on any atom is 0.260 e. The van der Waals surface area contributed by atoms with Gasteiger partial charge in [-0.25, -0.2) is 8.42 Å². The Labute approximate surface area is 175 Å². The van der Waals surface area contributed by atoms with Crippen molar-refractivity contribution in [1.82, 2.24) is 0 Å². The molecule has 7 heteroatoms. The van der Waals surface area contributed by atoms with E-state index in [1.807, 2.05) is 30.3 Å². The fourth-order valence-corrected chi connectivity index (χ4v) is 3.70. The number of carbonyl (C=O) groups excluding carboxylic acids is 1. The number of ether oxygens (including phenoxy) is 1. The van der Waals surface area contributed by atoms with Crippen LogP contribution in [-0.4, -0.2) is 27.7 Å². The molecule has 3 aromatic rings. The summed E-state index contributed by atoms with van der Waals surface area (Å²) in [5.74, 6) is 0.271. The lowest BCUT2D eigenvalue weighted by Gasteiger charge is -2.24. The molecule has 1 amide bonds. The number of halogens is 1. The highest BCUT2D eigenvalue weighted by Crippen LogP contribution is 2.27. The molecule has 0 saturated heterocycles. The normalized spacial score (nSPS) is 11.1. The molecule has 0 aliphatic heterocycles. The Morgan fingerprint density at radius 3 is 2.24 bits per heavy atom. The summed E-state index contributed by atoms with van der Waals surface area (Å²) in [5.41, 5.74) is 1.69. The predicted molar refractivity (Wildman–Crippen MR) is 115 cm³/mol. The van der Waals surface area contributed by atoms with E-state index in [0.717, 1.165) is 11.8 Å². The molecule has 5 nitrogen and oxygen atoms in total. The molecular weight excluding hydrogens is 410 g/mol. The minimum atomic E-state index is -3.48. The van der Waals surface area contributed by atoms with Crippen LogP contribution in [0, 0.1) is 0 Å². The van der Waals surface area contributed by atoms with Gasteiger partial charge in [-0.1, -0.05) is 41.9 Å². The van der Waals surface area contributed by atoms with Gasteiger partial charge in [-0.2, -0.15) is 0 Å². The smallest absolute Gasteiger partial charge is 0.260 e. The van der Waals surface area contributed by atoms with Gasteiger partial charge in [0.1, 0.15) is 5.75 Å². The molecule has 0 unspecified atom stereocenters. The molecule has 0 N–H and O–H groups in total. The van der Waals surface area contributed by atoms with Gasteiger partial charge in [0.15, 0.2) is 9.84 Å². The van der Waals surface area contributed by atoms with E-state index in [1.54, 1.807) is 36.3 Å². The van der Waals surface area contributed by atoms with Crippen molar-refractivity contribution in [3.8, 4) is 5.75 Å². The summed E-state index contributed by atoms with van der Waals surface area (Å²) in [6, 6.07) is 20.7. The molecule has 0 bridgehead atoms. The lowest BCUT2D eigenvalue weighted by Crippen LogP contribution is -2.30. The summed E-state index contributed by atoms with van der Waals surface area (Å²) in [5, 5.41) is 0.189. The van der Waals surface area contributed by atoms with Gasteiger partial charge in [0, 0.05) is 11.9 Å². The van der Waals surface area contributed by atoms with E-state index < -0.39 is 15.7 Å². The Morgan fingerprint density at radius 1 is 1.00 bits per heavy atom. The van der Waals surface area contributed by atoms with Crippen molar-refractivity contribution in [1.29, 1.82) is 0 Å². The number of anilines is 1. The standard InChI is InChI=1S/C22H20ClNO4S/c1-28-18-10-8-17(9-11-18)24(15-16-6-4-3-5-7-16)22(25)20-14-19(29(2,26)27)12-13-21(20)23/h3-14H,15H2,1-2H3. The van der Waals surface area contributed by atoms with Crippen molar-refractivity contribution in [3.05, 3.63) is 88.9 Å². The van der Waals surface area contributed by atoms with Gasteiger partial charge >= 0.3 is 0 Å². The second kappa shape index (κ2) is 8.68. The second-order valence-corrected chi connectivity index (χ2v) is 8.91. The Kier molecular flexibility index (Phi) is 6.25. The largest absolute Gasteiger partial charge is 0.497 e. The maximum atomic E-state index is 13.4. The third kappa shape index (κ3) is 4.96. The van der Waals surface area contributed by atoms with Crippen LogP contribution in [0.3, 0.4) is 0 Å². The van der Waals surface area contributed by atoms with Crippen LogP contribution < -0.4 is 9.64 Å². The van der Waals surface area contributed by atoms with E-state index in [9.17, 15) is 13.2 Å². The van der Waals surface area contributed by atoms with Gasteiger partial charge in [-0.15, -0.1) is 0 Å². The zero-order valence-electron chi connectivity index (χ0n) is 16.0. The molecule has 0 saturated carbocycles. The Balaban J connectivity index is 2.06. The first-order valence-electron chi connectivity index (χ1n) is 8.79. The van der Waals surface area contributed by atoms with E-state index in [2.05, 4.69) is 0 Å². The summed E-state index contributed by atoms with van der Waals surface area (Å²) in [4.78, 5) is 15.0. The van der Waals surface area contributed by atoms with Crippen LogP contribution in [0.5, 0.6) is 5.75 Å². The van der Waals surface area contributed by atoms with Crippen LogP contribution in [0.15, 0.2) is 77.7 Å². The number of methoxy groups -OCH3 is 1. The van der Waals surface area contributed by atoms with E-state index in [4.69, 9.17) is 16.3 Å². The zero-order valence-corrected chi connectivity index (χ0v) is 17.6. The number of sulfone groups is 1. The molecule has 0 radical (unpaired) electrons. The summed E-state index contributed by atoms with van der Waals surface area (Å²) in [6.45, 7) is 0.297. The fourth-order valence-electron chi connectivity index (χ4n) is 2.85. The van der Waals surface area contributed by atoms with Crippen LogP contribution in [-0.2, 0) is 16.4 Å². The molecule has 0 spiro atoms. The van der Waals surface area contributed by atoms with Crippen molar-refractivity contribution >= 4 is 33.0 Å². The van der Waals surface area contributed by atoms with Gasteiger partial charge < -0.3 is 9.64 Å². The van der Waals surface area contributed by atoms with E-state index >= 15 is 0 Å². The average Bonchev–Trinajstić information content (AvgIpc) is 2.72. The zero-order chi connectivity index (χ0) is 21.0. The summed E-state index contributed by atoms with van der Waals surface area (Å²) < 4.78 is 29.1. The molecule has 0 heterocycles. The van der Waals surface area contributed by atoms with Crippen LogP contribution in [0.2, 0.25) is 5.02 Å². The number of nitrogens with zero attached hydrogens (tertiary/aromatic N) is 1. The molecule has 0 aromatic heterocycles. The summed E-state index contributed by atoms with van der Waals surface area (Å²) in [6.07, 6.45) is 1.09. The molecule has 29 heavy (non-hydrogen) atoms. The first-order valence-corrected chi connectivity index (χ1v) is 11.1. The van der Waals surface area contributed by atoms with E-state index in [0.29, 0.717) is 18.0 Å². The number of hydrogen-bond donors (Lipinski definition) is 0. The number of carbonyl (C=O) groups is 1. The van der Waals surface area contributed by atoms with Crippen LogP contribution in [0.1, 0.15) is 15.9 Å². The molecule has 3 aromatic carbocycles. The molecule has 3 rings (SSSR count). The van der Waals surface area contributed by atoms with Crippen molar-refractivity contribution in [2.24, 2.45) is 0 Å². The Hall–Kier alpha value is -2.83. The van der Waals surface area contributed by atoms with Gasteiger partial charge in [0.25, 0.3) is 5.91 Å². The Morgan fingerprint density at radius 2 is 1.66 bits per heavy atom. The molecule has 0 fully saturated rings. The van der Waals surface area contributed by atoms with Crippen molar-refractivity contribution in [2.45, 2.75) is 11.4 Å². The van der Waals surface area contributed by atoms with Crippen molar-refractivity contribution < 1.29 is 17.9 Å². The SMILES string of the molecule is COc1ccc(N(Cc2ccccc2)C(=O)c2cc(S(C)(=O)=O)ccc2Cl)cc1. The lowest BCUT2D eigenvalue weighted by molar-refractivity contribution is 0.0985. The average molecular weight is 430 g/mol. The minimum Gasteiger partial charge on any atom is -0.497 e. The lowest BCUT2D eigenvalue weighted by atomic mass is 10.1. The van der Waals surface area contributed by atoms with Gasteiger partial charge in [-0.3, -0.25) is 4.79 Å². The summed E-state index contributed by atoms with van der Waals surface area (Å²) in [7, 11) is -1.91. The molecule has 0 atom stereocenters. The number of benzene rings is 3. The molecule has 0 aliphatic carbocycles. The van der Waals surface area contributed by atoms with Gasteiger partial charge in [0.2, 0.25) is 0 Å². The van der Waals surface area contributed by atoms with E-state index in [1.165, 1.54) is 18.2 Å². The third-order valence-electron chi connectivity index (χ3n) is 4.41. The molecule has 0 aliphatic rings. The first-order chi connectivity index (χ1) is 13.8. The second-order valence-electron chi connectivity index (χ2n) is 6.49. The van der Waals surface area contributed by atoms with Gasteiger partial charge in [0.05, 0.1) is 29.1 Å². The topological polar surface area (TPSA) is 63.7 Å². The van der Waals surface area contributed by atoms with Crippen LogP contribution in [0.25, 0.3) is 0 Å². The van der Waals surface area contributed by atoms with Crippen molar-refractivity contribution in [3.63, 3.8) is 0 Å².